The van der Waals surface area contributed by atoms with Gasteiger partial charge in [0.15, 0.2) is 0 Å². The molecule has 6 heteroatoms. The van der Waals surface area contributed by atoms with Gasteiger partial charge >= 0.3 is 0 Å². The number of nitrogens with two attached hydrogens (primary N) is 1. The van der Waals surface area contributed by atoms with E-state index in [-0.39, 0.29) is 17.6 Å². The number of hydrogen-bond acceptors (Lipinski definition) is 4. The van der Waals surface area contributed by atoms with Crippen LogP contribution in [0.5, 0.6) is 0 Å². The normalized spacial score (nSPS) is 17.4. The molecule has 0 unspecified atom stereocenters. The van der Waals surface area contributed by atoms with Crippen LogP contribution in [0.25, 0.3) is 0 Å². The number of carbonyl (C=O) groups is 1. The molecule has 1 saturated heterocycles. The van der Waals surface area contributed by atoms with E-state index in [4.69, 9.17) is 5.73 Å². The summed E-state index contributed by atoms with van der Waals surface area (Å²) >= 11 is 0. The summed E-state index contributed by atoms with van der Waals surface area (Å²) in [7, 11) is 0. The van der Waals surface area contributed by atoms with Gasteiger partial charge in [-0.15, -0.1) is 0 Å². The molecule has 0 aliphatic carbocycles. The van der Waals surface area contributed by atoms with E-state index in [9.17, 15) is 9.18 Å². The third-order valence-electron chi connectivity index (χ3n) is 5.87. The van der Waals surface area contributed by atoms with E-state index in [1.54, 1.807) is 6.07 Å². The number of aliphatic imine (C=N–C) groups is 1. The Morgan fingerprint density at radius 2 is 1.93 bits per heavy atom. The Bertz CT molecular complexity index is 930. The molecule has 2 aromatic carbocycles. The summed E-state index contributed by atoms with van der Waals surface area (Å²) in [5.74, 6) is -0.110. The fourth-order valence-electron chi connectivity index (χ4n) is 4.15. The molecule has 152 valence electrons. The Hall–Kier alpha value is -2.89. The highest BCUT2D eigenvalue weighted by Crippen LogP contribution is 2.35. The minimum Gasteiger partial charge on any atom is -0.383 e. The first kappa shape index (κ1) is 19.4. The van der Waals surface area contributed by atoms with E-state index in [1.807, 2.05) is 35.2 Å². The Balaban J connectivity index is 1.43. The average Bonchev–Trinajstić information content (AvgIpc) is 2.72. The van der Waals surface area contributed by atoms with E-state index < -0.39 is 5.66 Å². The second-order valence-corrected chi connectivity index (χ2v) is 7.91. The minimum absolute atomic E-state index is 0.0427. The molecule has 2 aromatic rings. The smallest absolute Gasteiger partial charge is 0.253 e. The van der Waals surface area contributed by atoms with Crippen molar-refractivity contribution in [1.29, 1.82) is 0 Å². The van der Waals surface area contributed by atoms with Gasteiger partial charge in [0.1, 0.15) is 17.3 Å². The van der Waals surface area contributed by atoms with Crippen LogP contribution in [0.2, 0.25) is 0 Å². The number of piperidine rings is 1. The van der Waals surface area contributed by atoms with Crippen LogP contribution in [0.1, 0.15) is 54.1 Å². The van der Waals surface area contributed by atoms with Crippen LogP contribution in [0.4, 0.5) is 10.1 Å². The number of nitrogens with one attached hydrogen (secondary N) is 1. The molecule has 0 radical (unpaired) electrons. The van der Waals surface area contributed by atoms with Gasteiger partial charge in [0.25, 0.3) is 5.91 Å². The first-order valence-electron chi connectivity index (χ1n) is 10.3. The standard InChI is InChI=1S/C23H27FN4O/c1-2-3-5-16-8-10-17(11-9-16)22(29)28-14-12-23(13-15-28)26-19-7-4-6-18(24)20(19)21(25)27-23/h4,6-11,26H,2-3,5,12-15H2,1H3,(H2,25,27). The lowest BCUT2D eigenvalue weighted by Gasteiger charge is -2.42. The lowest BCUT2D eigenvalue weighted by atomic mass is 9.93. The highest BCUT2D eigenvalue weighted by atomic mass is 19.1. The van der Waals surface area contributed by atoms with Crippen molar-refractivity contribution in [3.8, 4) is 0 Å². The summed E-state index contributed by atoms with van der Waals surface area (Å²) in [6.07, 6.45) is 4.62. The Kier molecular flexibility index (Phi) is 5.26. The first-order valence-corrected chi connectivity index (χ1v) is 10.3. The number of benzene rings is 2. The first-order chi connectivity index (χ1) is 14.0. The number of fused-ring (bicyclic) bond motifs is 1. The number of halogens is 1. The Labute approximate surface area is 170 Å². The number of amides is 1. The molecular weight excluding hydrogens is 367 g/mol. The van der Waals surface area contributed by atoms with E-state index >= 15 is 0 Å². The summed E-state index contributed by atoms with van der Waals surface area (Å²) in [6.45, 7) is 3.32. The zero-order chi connectivity index (χ0) is 20.4. The molecule has 0 bridgehead atoms. The minimum atomic E-state index is -0.578. The van der Waals surface area contributed by atoms with Gasteiger partial charge in [-0.1, -0.05) is 31.5 Å². The molecule has 3 N–H and O–H groups in total. The van der Waals surface area contributed by atoms with E-state index in [0.29, 0.717) is 42.7 Å². The third kappa shape index (κ3) is 3.84. The number of hydrogen-bond donors (Lipinski definition) is 2. The van der Waals surface area contributed by atoms with Crippen molar-refractivity contribution in [2.45, 2.75) is 44.7 Å². The molecule has 0 aromatic heterocycles. The molecule has 0 saturated carbocycles. The van der Waals surface area contributed by atoms with Crippen LogP contribution in [0.15, 0.2) is 47.5 Å². The second-order valence-electron chi connectivity index (χ2n) is 7.91. The molecule has 1 amide bonds. The summed E-state index contributed by atoms with van der Waals surface area (Å²) in [6, 6.07) is 12.8. The van der Waals surface area contributed by atoms with Gasteiger partial charge in [-0.25, -0.2) is 9.38 Å². The SMILES string of the molecule is CCCCc1ccc(C(=O)N2CCC3(CC2)N=C(N)c2c(F)cccc2N3)cc1. The number of unbranched alkanes of at least 4 members (excludes halogenated alkanes) is 1. The number of amidine groups is 1. The topological polar surface area (TPSA) is 70.7 Å². The molecule has 5 nitrogen and oxygen atoms in total. The monoisotopic (exact) mass is 394 g/mol. The Morgan fingerprint density at radius 3 is 2.62 bits per heavy atom. The van der Waals surface area contributed by atoms with Crippen LogP contribution in [0.3, 0.4) is 0 Å². The molecule has 1 spiro atoms. The number of likely N-dealkylation sites (tertiary alicyclic amines) is 1. The van der Waals surface area contributed by atoms with Gasteiger partial charge in [-0.3, -0.25) is 4.79 Å². The lowest BCUT2D eigenvalue weighted by molar-refractivity contribution is 0.0685. The second kappa shape index (κ2) is 7.85. The van der Waals surface area contributed by atoms with Crippen LogP contribution in [0, 0.1) is 5.82 Å². The van der Waals surface area contributed by atoms with Crippen LogP contribution < -0.4 is 11.1 Å². The molecule has 1 fully saturated rings. The highest BCUT2D eigenvalue weighted by Gasteiger charge is 2.39. The zero-order valence-corrected chi connectivity index (χ0v) is 16.7. The van der Waals surface area contributed by atoms with Gasteiger partial charge in [0.05, 0.1) is 5.56 Å². The predicted molar refractivity (Wildman–Crippen MR) is 114 cm³/mol. The van der Waals surface area contributed by atoms with Crippen LogP contribution >= 0.6 is 0 Å². The molecule has 0 atom stereocenters. The van der Waals surface area contributed by atoms with Gasteiger partial charge < -0.3 is 16.0 Å². The van der Waals surface area contributed by atoms with Crippen molar-refractivity contribution >= 4 is 17.4 Å². The van der Waals surface area contributed by atoms with Crippen molar-refractivity contribution in [3.05, 3.63) is 65.0 Å². The van der Waals surface area contributed by atoms with E-state index in [0.717, 1.165) is 19.3 Å². The van der Waals surface area contributed by atoms with Gasteiger partial charge in [-0.2, -0.15) is 0 Å². The number of nitrogens with zero attached hydrogens (tertiary/aromatic N) is 2. The van der Waals surface area contributed by atoms with Crippen molar-refractivity contribution in [2.75, 3.05) is 18.4 Å². The maximum Gasteiger partial charge on any atom is 0.253 e. The van der Waals surface area contributed by atoms with Crippen molar-refractivity contribution in [2.24, 2.45) is 10.7 Å². The number of aryl methyl sites for hydroxylation is 1. The quantitative estimate of drug-likeness (QED) is 0.825. The maximum absolute atomic E-state index is 14.1. The molecule has 2 aliphatic rings. The highest BCUT2D eigenvalue weighted by molar-refractivity contribution is 6.04. The molecule has 2 aliphatic heterocycles. The van der Waals surface area contributed by atoms with Crippen molar-refractivity contribution < 1.29 is 9.18 Å². The van der Waals surface area contributed by atoms with E-state index in [1.165, 1.54) is 11.6 Å². The maximum atomic E-state index is 14.1. The fraction of sp³-hybridized carbons (Fsp3) is 0.391. The summed E-state index contributed by atoms with van der Waals surface area (Å²) in [5, 5.41) is 3.36. The molecule has 4 rings (SSSR count). The van der Waals surface area contributed by atoms with Crippen molar-refractivity contribution in [3.63, 3.8) is 0 Å². The fourth-order valence-corrected chi connectivity index (χ4v) is 4.15. The van der Waals surface area contributed by atoms with Gasteiger partial charge in [0, 0.05) is 37.2 Å². The molecule has 2 heterocycles. The largest absolute Gasteiger partial charge is 0.383 e. The number of anilines is 1. The van der Waals surface area contributed by atoms with Gasteiger partial charge in [0.2, 0.25) is 0 Å². The average molecular weight is 394 g/mol. The lowest BCUT2D eigenvalue weighted by Crippen LogP contribution is -2.52. The summed E-state index contributed by atoms with van der Waals surface area (Å²) in [4.78, 5) is 19.3. The van der Waals surface area contributed by atoms with Crippen molar-refractivity contribution in [1.82, 2.24) is 4.90 Å². The molecule has 29 heavy (non-hydrogen) atoms. The summed E-state index contributed by atoms with van der Waals surface area (Å²) in [5.41, 5.74) is 8.48. The number of carbonyl (C=O) groups excluding carboxylic acids is 1. The summed E-state index contributed by atoms with van der Waals surface area (Å²) < 4.78 is 14.1. The third-order valence-corrected chi connectivity index (χ3v) is 5.87. The zero-order valence-electron chi connectivity index (χ0n) is 16.7. The van der Waals surface area contributed by atoms with Gasteiger partial charge in [-0.05, 0) is 42.7 Å². The molecular formula is C23H27FN4O. The number of rotatable bonds is 4. The van der Waals surface area contributed by atoms with E-state index in [2.05, 4.69) is 17.2 Å². The Morgan fingerprint density at radius 1 is 1.21 bits per heavy atom. The van der Waals surface area contributed by atoms with Crippen LogP contribution in [-0.2, 0) is 6.42 Å². The predicted octanol–water partition coefficient (Wildman–Crippen LogP) is 3.93. The van der Waals surface area contributed by atoms with Crippen LogP contribution in [-0.4, -0.2) is 35.4 Å².